The molecule has 0 bridgehead atoms. The van der Waals surface area contributed by atoms with E-state index in [2.05, 4.69) is 34.0 Å². The summed E-state index contributed by atoms with van der Waals surface area (Å²) in [5.41, 5.74) is 10.4. The average molecular weight is 419 g/mol. The standard InChI is InChI=1S/C24H26N4OS/c1-16(25)12-21(13-19-8-6-5-7-9-19)28-17(2)27-20-10-11-22(23(14-20)29-4)24-15-26-18(3)30-24/h5-12,14-15,27H,2,13,25H2,1,3-4H3/b16-12-,28-21+. The van der Waals surface area contributed by atoms with Gasteiger partial charge in [-0.2, -0.15) is 0 Å². The van der Waals surface area contributed by atoms with Crippen LogP contribution < -0.4 is 15.8 Å². The van der Waals surface area contributed by atoms with Crippen molar-refractivity contribution < 1.29 is 4.74 Å². The van der Waals surface area contributed by atoms with E-state index in [0.29, 0.717) is 17.9 Å². The van der Waals surface area contributed by atoms with Crippen molar-refractivity contribution in [1.29, 1.82) is 0 Å². The number of nitrogens with two attached hydrogens (primary N) is 1. The predicted molar refractivity (Wildman–Crippen MR) is 127 cm³/mol. The summed E-state index contributed by atoms with van der Waals surface area (Å²) in [6.45, 7) is 7.90. The molecular weight excluding hydrogens is 392 g/mol. The summed E-state index contributed by atoms with van der Waals surface area (Å²) in [4.78, 5) is 10.1. The van der Waals surface area contributed by atoms with Gasteiger partial charge in [-0.25, -0.2) is 9.98 Å². The average Bonchev–Trinajstić information content (AvgIpc) is 3.14. The van der Waals surface area contributed by atoms with E-state index in [-0.39, 0.29) is 0 Å². The van der Waals surface area contributed by atoms with E-state index in [1.165, 1.54) is 0 Å². The van der Waals surface area contributed by atoms with E-state index in [1.807, 2.05) is 62.5 Å². The summed E-state index contributed by atoms with van der Waals surface area (Å²) in [5.74, 6) is 1.30. The van der Waals surface area contributed by atoms with Crippen LogP contribution in [0.1, 0.15) is 17.5 Å². The van der Waals surface area contributed by atoms with E-state index in [4.69, 9.17) is 10.5 Å². The molecule has 3 rings (SSSR count). The summed E-state index contributed by atoms with van der Waals surface area (Å²) in [6.07, 6.45) is 4.41. The summed E-state index contributed by atoms with van der Waals surface area (Å²) in [7, 11) is 1.66. The highest BCUT2D eigenvalue weighted by Crippen LogP contribution is 2.35. The van der Waals surface area contributed by atoms with Crippen LogP contribution in [0.4, 0.5) is 5.69 Å². The molecular formula is C24H26N4OS. The lowest BCUT2D eigenvalue weighted by Crippen LogP contribution is -2.06. The van der Waals surface area contributed by atoms with Gasteiger partial charge in [0.25, 0.3) is 0 Å². The van der Waals surface area contributed by atoms with E-state index < -0.39 is 0 Å². The molecule has 0 amide bonds. The van der Waals surface area contributed by atoms with Gasteiger partial charge in [-0.1, -0.05) is 36.9 Å². The van der Waals surface area contributed by atoms with E-state index in [0.717, 1.165) is 38.2 Å². The molecule has 5 nitrogen and oxygen atoms in total. The van der Waals surface area contributed by atoms with E-state index in [9.17, 15) is 0 Å². The third-order valence-corrected chi connectivity index (χ3v) is 5.22. The van der Waals surface area contributed by atoms with Crippen molar-refractivity contribution in [2.75, 3.05) is 12.4 Å². The van der Waals surface area contributed by atoms with Crippen LogP contribution in [0, 0.1) is 6.92 Å². The van der Waals surface area contributed by atoms with Crippen LogP contribution in [-0.4, -0.2) is 17.8 Å². The number of hydrogen-bond donors (Lipinski definition) is 2. The zero-order valence-electron chi connectivity index (χ0n) is 17.5. The highest BCUT2D eigenvalue weighted by Gasteiger charge is 2.10. The number of anilines is 1. The number of thiazole rings is 1. The Morgan fingerprint density at radius 2 is 2.03 bits per heavy atom. The molecule has 3 N–H and O–H groups in total. The Morgan fingerprint density at radius 3 is 2.67 bits per heavy atom. The van der Waals surface area contributed by atoms with E-state index in [1.54, 1.807) is 18.4 Å². The molecule has 3 aromatic rings. The number of benzene rings is 2. The van der Waals surface area contributed by atoms with Crippen molar-refractivity contribution in [3.8, 4) is 16.2 Å². The fourth-order valence-corrected chi connectivity index (χ4v) is 3.82. The summed E-state index contributed by atoms with van der Waals surface area (Å²) in [5, 5.41) is 4.27. The Labute approximate surface area is 181 Å². The Morgan fingerprint density at radius 1 is 1.27 bits per heavy atom. The van der Waals surface area contributed by atoms with Gasteiger partial charge >= 0.3 is 0 Å². The molecule has 0 radical (unpaired) electrons. The van der Waals surface area contributed by atoms with Crippen LogP contribution in [0.15, 0.2) is 83.9 Å². The number of methoxy groups -OCH3 is 1. The highest BCUT2D eigenvalue weighted by atomic mass is 32.1. The van der Waals surface area contributed by atoms with Crippen LogP contribution >= 0.6 is 11.3 Å². The number of aryl methyl sites for hydroxylation is 1. The molecule has 0 aliphatic heterocycles. The van der Waals surface area contributed by atoms with Crippen LogP contribution in [0.3, 0.4) is 0 Å². The second-order valence-electron chi connectivity index (χ2n) is 6.88. The van der Waals surface area contributed by atoms with Crippen molar-refractivity contribution >= 4 is 22.7 Å². The molecule has 0 aliphatic carbocycles. The van der Waals surface area contributed by atoms with Gasteiger partial charge in [-0.05, 0) is 37.6 Å². The highest BCUT2D eigenvalue weighted by molar-refractivity contribution is 7.15. The number of nitrogens with zero attached hydrogens (tertiary/aromatic N) is 2. The quantitative estimate of drug-likeness (QED) is 0.470. The van der Waals surface area contributed by atoms with Crippen molar-refractivity contribution in [2.45, 2.75) is 20.3 Å². The molecule has 1 aromatic heterocycles. The minimum atomic E-state index is 0.530. The number of ether oxygens (including phenoxy) is 1. The molecule has 2 aromatic carbocycles. The molecule has 0 spiro atoms. The number of nitrogens with one attached hydrogen (secondary N) is 1. The number of aromatic nitrogens is 1. The van der Waals surface area contributed by atoms with Crippen LogP contribution in [0.5, 0.6) is 5.75 Å². The van der Waals surface area contributed by atoms with Gasteiger partial charge in [0.2, 0.25) is 0 Å². The molecule has 0 aliphatic rings. The largest absolute Gasteiger partial charge is 0.496 e. The zero-order valence-corrected chi connectivity index (χ0v) is 18.3. The monoisotopic (exact) mass is 418 g/mol. The summed E-state index contributed by atoms with van der Waals surface area (Å²) in [6, 6.07) is 16.1. The van der Waals surface area contributed by atoms with Gasteiger partial charge in [-0.3, -0.25) is 0 Å². The Balaban J connectivity index is 1.80. The third kappa shape index (κ3) is 5.81. The normalized spacial score (nSPS) is 12.0. The van der Waals surface area contributed by atoms with Gasteiger partial charge in [0.1, 0.15) is 11.6 Å². The smallest absolute Gasteiger partial charge is 0.129 e. The summed E-state index contributed by atoms with van der Waals surface area (Å²) < 4.78 is 5.59. The summed E-state index contributed by atoms with van der Waals surface area (Å²) >= 11 is 1.64. The van der Waals surface area contributed by atoms with Crippen molar-refractivity contribution in [3.05, 3.63) is 89.5 Å². The fourth-order valence-electron chi connectivity index (χ4n) is 3.02. The van der Waals surface area contributed by atoms with Gasteiger partial charge in [-0.15, -0.1) is 11.3 Å². The Kier molecular flexibility index (Phi) is 7.03. The minimum absolute atomic E-state index is 0.530. The molecule has 0 saturated heterocycles. The van der Waals surface area contributed by atoms with Crippen LogP contribution in [-0.2, 0) is 6.42 Å². The maximum absolute atomic E-state index is 5.90. The van der Waals surface area contributed by atoms with Gasteiger partial charge in [0.05, 0.1) is 17.0 Å². The fraction of sp³-hybridized carbons (Fsp3) is 0.167. The number of aliphatic imine (C=N–C) groups is 1. The van der Waals surface area contributed by atoms with Gasteiger partial charge in [0, 0.05) is 41.3 Å². The lowest BCUT2D eigenvalue weighted by atomic mass is 10.1. The van der Waals surface area contributed by atoms with Crippen LogP contribution in [0.2, 0.25) is 0 Å². The van der Waals surface area contributed by atoms with Crippen molar-refractivity contribution in [1.82, 2.24) is 4.98 Å². The first-order valence-electron chi connectivity index (χ1n) is 9.56. The second-order valence-corrected chi connectivity index (χ2v) is 8.12. The molecule has 0 fully saturated rings. The number of rotatable bonds is 8. The van der Waals surface area contributed by atoms with Crippen molar-refractivity contribution in [2.24, 2.45) is 10.7 Å². The molecule has 6 heteroatoms. The maximum Gasteiger partial charge on any atom is 0.129 e. The van der Waals surface area contributed by atoms with Crippen LogP contribution in [0.25, 0.3) is 10.4 Å². The van der Waals surface area contributed by atoms with Crippen molar-refractivity contribution in [3.63, 3.8) is 0 Å². The number of allylic oxidation sites excluding steroid dienone is 2. The van der Waals surface area contributed by atoms with Gasteiger partial charge in [0.15, 0.2) is 0 Å². The first kappa shape index (κ1) is 21.3. The molecule has 30 heavy (non-hydrogen) atoms. The number of hydrogen-bond acceptors (Lipinski definition) is 6. The molecule has 154 valence electrons. The first-order chi connectivity index (χ1) is 14.4. The topological polar surface area (TPSA) is 72.5 Å². The molecule has 0 saturated carbocycles. The molecule has 0 unspecified atom stereocenters. The minimum Gasteiger partial charge on any atom is -0.496 e. The second kappa shape index (κ2) is 9.89. The first-order valence-corrected chi connectivity index (χ1v) is 10.4. The Bertz CT molecular complexity index is 1080. The molecule has 1 heterocycles. The molecule has 0 atom stereocenters. The predicted octanol–water partition coefficient (Wildman–Crippen LogP) is 5.56. The van der Waals surface area contributed by atoms with E-state index >= 15 is 0 Å². The third-order valence-electron chi connectivity index (χ3n) is 4.28. The SMILES string of the molecule is C=C(/N=C(\C=C(\C)N)Cc1ccccc1)Nc1ccc(-c2cnc(C)s2)c(OC)c1. The lowest BCUT2D eigenvalue weighted by Gasteiger charge is -2.12. The maximum atomic E-state index is 5.90. The lowest BCUT2D eigenvalue weighted by molar-refractivity contribution is 0.417. The van der Waals surface area contributed by atoms with Gasteiger partial charge < -0.3 is 15.8 Å². The Hall–Kier alpha value is -3.38. The zero-order chi connectivity index (χ0) is 21.5.